The van der Waals surface area contributed by atoms with Gasteiger partial charge in [-0.15, -0.1) is 0 Å². The first-order valence-electron chi connectivity index (χ1n) is 8.65. The standard InChI is InChI=1S/C20H25N3O/c1-17-4-6-18(7-5-17)8-9-20(24)23-13-11-22(12-14-23)16-19-3-2-10-21-15-19/h2-7,10,15H,8-9,11-14,16H2,1H3. The predicted molar refractivity (Wildman–Crippen MR) is 95.6 cm³/mol. The molecular weight excluding hydrogens is 298 g/mol. The van der Waals surface area contributed by atoms with E-state index < -0.39 is 0 Å². The highest BCUT2D eigenvalue weighted by molar-refractivity contribution is 5.76. The van der Waals surface area contributed by atoms with Crippen molar-refractivity contribution in [2.24, 2.45) is 0 Å². The second-order valence-corrected chi connectivity index (χ2v) is 6.50. The first-order chi connectivity index (χ1) is 11.7. The molecule has 1 fully saturated rings. The zero-order valence-corrected chi connectivity index (χ0v) is 14.3. The Morgan fingerprint density at radius 2 is 1.79 bits per heavy atom. The lowest BCUT2D eigenvalue weighted by Crippen LogP contribution is -2.48. The maximum absolute atomic E-state index is 12.4. The number of aromatic nitrogens is 1. The van der Waals surface area contributed by atoms with Gasteiger partial charge in [0.15, 0.2) is 0 Å². The van der Waals surface area contributed by atoms with E-state index in [0.717, 1.165) is 39.1 Å². The molecule has 0 atom stereocenters. The summed E-state index contributed by atoms with van der Waals surface area (Å²) in [7, 11) is 0. The van der Waals surface area contributed by atoms with Crippen LogP contribution in [0.1, 0.15) is 23.1 Å². The number of piperazine rings is 1. The third-order valence-corrected chi connectivity index (χ3v) is 4.60. The van der Waals surface area contributed by atoms with E-state index in [2.05, 4.69) is 47.1 Å². The van der Waals surface area contributed by atoms with Crippen molar-refractivity contribution in [1.29, 1.82) is 0 Å². The van der Waals surface area contributed by atoms with Gasteiger partial charge in [0.2, 0.25) is 5.91 Å². The van der Waals surface area contributed by atoms with Gasteiger partial charge in [-0.3, -0.25) is 14.7 Å². The molecule has 1 amide bonds. The molecule has 0 radical (unpaired) electrons. The van der Waals surface area contributed by atoms with Gasteiger partial charge in [-0.1, -0.05) is 35.9 Å². The summed E-state index contributed by atoms with van der Waals surface area (Å²) in [4.78, 5) is 21.0. The fourth-order valence-electron chi connectivity index (χ4n) is 3.07. The Morgan fingerprint density at radius 1 is 1.04 bits per heavy atom. The van der Waals surface area contributed by atoms with Crippen molar-refractivity contribution in [2.45, 2.75) is 26.3 Å². The molecule has 0 N–H and O–H groups in total. The van der Waals surface area contributed by atoms with Crippen molar-refractivity contribution in [3.63, 3.8) is 0 Å². The molecule has 126 valence electrons. The maximum Gasteiger partial charge on any atom is 0.222 e. The summed E-state index contributed by atoms with van der Waals surface area (Å²) in [5, 5.41) is 0. The molecule has 0 spiro atoms. The molecule has 2 aromatic rings. The molecule has 1 saturated heterocycles. The van der Waals surface area contributed by atoms with Gasteiger partial charge in [0.05, 0.1) is 0 Å². The first kappa shape index (κ1) is 16.7. The molecule has 1 aliphatic rings. The van der Waals surface area contributed by atoms with Gasteiger partial charge in [0.1, 0.15) is 0 Å². The van der Waals surface area contributed by atoms with Crippen LogP contribution in [0, 0.1) is 6.92 Å². The fraction of sp³-hybridized carbons (Fsp3) is 0.400. The van der Waals surface area contributed by atoms with Crippen molar-refractivity contribution in [2.75, 3.05) is 26.2 Å². The Hall–Kier alpha value is -2.20. The summed E-state index contributed by atoms with van der Waals surface area (Å²) in [6, 6.07) is 12.5. The summed E-state index contributed by atoms with van der Waals surface area (Å²) in [5.41, 5.74) is 3.73. The molecule has 0 unspecified atom stereocenters. The third kappa shape index (κ3) is 4.65. The Morgan fingerprint density at radius 3 is 2.46 bits per heavy atom. The molecule has 0 aliphatic carbocycles. The van der Waals surface area contributed by atoms with E-state index in [1.807, 2.05) is 17.2 Å². The van der Waals surface area contributed by atoms with Crippen LogP contribution in [-0.4, -0.2) is 46.9 Å². The number of aryl methyl sites for hydroxylation is 2. The van der Waals surface area contributed by atoms with E-state index >= 15 is 0 Å². The van der Waals surface area contributed by atoms with Gasteiger partial charge in [-0.2, -0.15) is 0 Å². The molecule has 3 rings (SSSR count). The van der Waals surface area contributed by atoms with Crippen LogP contribution in [0.3, 0.4) is 0 Å². The van der Waals surface area contributed by atoms with Crippen LogP contribution >= 0.6 is 0 Å². The molecule has 24 heavy (non-hydrogen) atoms. The topological polar surface area (TPSA) is 36.4 Å². The Kier molecular flexibility index (Phi) is 5.59. The number of pyridine rings is 1. The second kappa shape index (κ2) is 8.06. The molecule has 0 bridgehead atoms. The summed E-state index contributed by atoms with van der Waals surface area (Å²) in [6.07, 6.45) is 5.15. The van der Waals surface area contributed by atoms with Gasteiger partial charge in [-0.25, -0.2) is 0 Å². The van der Waals surface area contributed by atoms with Gasteiger partial charge in [0, 0.05) is 51.5 Å². The summed E-state index contributed by atoms with van der Waals surface area (Å²) < 4.78 is 0. The van der Waals surface area contributed by atoms with Crippen molar-refractivity contribution >= 4 is 5.91 Å². The van der Waals surface area contributed by atoms with E-state index in [1.165, 1.54) is 16.7 Å². The monoisotopic (exact) mass is 323 g/mol. The van der Waals surface area contributed by atoms with Crippen LogP contribution in [0.5, 0.6) is 0 Å². The van der Waals surface area contributed by atoms with Crippen LogP contribution in [0.4, 0.5) is 0 Å². The molecule has 4 nitrogen and oxygen atoms in total. The van der Waals surface area contributed by atoms with Crippen LogP contribution in [0.15, 0.2) is 48.8 Å². The quantitative estimate of drug-likeness (QED) is 0.849. The van der Waals surface area contributed by atoms with E-state index in [1.54, 1.807) is 6.20 Å². The number of carbonyl (C=O) groups excluding carboxylic acids is 1. The molecule has 2 heterocycles. The van der Waals surface area contributed by atoms with Crippen molar-refractivity contribution < 1.29 is 4.79 Å². The van der Waals surface area contributed by atoms with Crippen LogP contribution in [0.25, 0.3) is 0 Å². The van der Waals surface area contributed by atoms with E-state index in [0.29, 0.717) is 6.42 Å². The summed E-state index contributed by atoms with van der Waals surface area (Å²) >= 11 is 0. The molecule has 0 saturated carbocycles. The second-order valence-electron chi connectivity index (χ2n) is 6.50. The Bertz CT molecular complexity index is 646. The van der Waals surface area contributed by atoms with Gasteiger partial charge in [-0.05, 0) is 30.5 Å². The normalized spacial score (nSPS) is 15.5. The average Bonchev–Trinajstić information content (AvgIpc) is 2.62. The fourth-order valence-corrected chi connectivity index (χ4v) is 3.07. The smallest absolute Gasteiger partial charge is 0.222 e. The van der Waals surface area contributed by atoms with Crippen molar-refractivity contribution in [3.05, 3.63) is 65.5 Å². The third-order valence-electron chi connectivity index (χ3n) is 4.60. The lowest BCUT2D eigenvalue weighted by atomic mass is 10.1. The van der Waals surface area contributed by atoms with E-state index in [9.17, 15) is 4.79 Å². The van der Waals surface area contributed by atoms with Crippen LogP contribution in [-0.2, 0) is 17.8 Å². The molecule has 4 heteroatoms. The summed E-state index contributed by atoms with van der Waals surface area (Å²) in [6.45, 7) is 6.52. The number of hydrogen-bond acceptors (Lipinski definition) is 3. The molecule has 1 aromatic carbocycles. The number of benzene rings is 1. The summed E-state index contributed by atoms with van der Waals surface area (Å²) in [5.74, 6) is 0.275. The highest BCUT2D eigenvalue weighted by Gasteiger charge is 2.20. The van der Waals surface area contributed by atoms with E-state index in [4.69, 9.17) is 0 Å². The molecule has 1 aromatic heterocycles. The number of amides is 1. The lowest BCUT2D eigenvalue weighted by Gasteiger charge is -2.34. The van der Waals surface area contributed by atoms with Gasteiger partial charge >= 0.3 is 0 Å². The minimum Gasteiger partial charge on any atom is -0.340 e. The largest absolute Gasteiger partial charge is 0.340 e. The van der Waals surface area contributed by atoms with Crippen molar-refractivity contribution in [3.8, 4) is 0 Å². The number of nitrogens with zero attached hydrogens (tertiary/aromatic N) is 3. The van der Waals surface area contributed by atoms with E-state index in [-0.39, 0.29) is 5.91 Å². The molecule has 1 aliphatic heterocycles. The highest BCUT2D eigenvalue weighted by atomic mass is 16.2. The Labute approximate surface area is 144 Å². The predicted octanol–water partition coefficient (Wildman–Crippen LogP) is 2.67. The first-order valence-corrected chi connectivity index (χ1v) is 8.65. The zero-order chi connectivity index (χ0) is 16.8. The average molecular weight is 323 g/mol. The zero-order valence-electron chi connectivity index (χ0n) is 14.3. The lowest BCUT2D eigenvalue weighted by molar-refractivity contribution is -0.133. The number of rotatable bonds is 5. The van der Waals surface area contributed by atoms with Gasteiger partial charge in [0.25, 0.3) is 0 Å². The minimum atomic E-state index is 0.275. The van der Waals surface area contributed by atoms with Crippen LogP contribution < -0.4 is 0 Å². The number of hydrogen-bond donors (Lipinski definition) is 0. The highest BCUT2D eigenvalue weighted by Crippen LogP contribution is 2.11. The van der Waals surface area contributed by atoms with Crippen molar-refractivity contribution in [1.82, 2.24) is 14.8 Å². The SMILES string of the molecule is Cc1ccc(CCC(=O)N2CCN(Cc3cccnc3)CC2)cc1. The Balaban J connectivity index is 1.42. The maximum atomic E-state index is 12.4. The van der Waals surface area contributed by atoms with Gasteiger partial charge < -0.3 is 4.90 Å². The molecular formula is C20H25N3O. The van der Waals surface area contributed by atoms with Crippen LogP contribution in [0.2, 0.25) is 0 Å². The minimum absolute atomic E-state index is 0.275. The number of carbonyl (C=O) groups is 1.